The maximum atomic E-state index is 11.7. The van der Waals surface area contributed by atoms with Gasteiger partial charge in [-0.15, -0.1) is 11.3 Å². The molecule has 0 saturated carbocycles. The van der Waals surface area contributed by atoms with Crippen molar-refractivity contribution in [3.05, 3.63) is 35.3 Å². The molecule has 0 saturated heterocycles. The van der Waals surface area contributed by atoms with Crippen molar-refractivity contribution in [2.24, 2.45) is 5.14 Å². The zero-order valence-corrected chi connectivity index (χ0v) is 16.5. The molecule has 2 heterocycles. The lowest BCUT2D eigenvalue weighted by Crippen LogP contribution is -2.11. The molecule has 0 aliphatic heterocycles. The summed E-state index contributed by atoms with van der Waals surface area (Å²) in [6.45, 7) is 1.99. The van der Waals surface area contributed by atoms with E-state index in [1.165, 1.54) is 34.8 Å². The second-order valence-electron chi connectivity index (χ2n) is 5.19. The number of nitrogens with two attached hydrogens (primary N) is 2. The number of hydrogen-bond acceptors (Lipinski definition) is 10. The number of nitrogen functional groups attached to an aromatic ring is 1. The first-order valence-corrected chi connectivity index (χ1v) is 10.8. The number of aromatic nitrogens is 2. The summed E-state index contributed by atoms with van der Waals surface area (Å²) in [5, 5.41) is 10.8. The summed E-state index contributed by atoms with van der Waals surface area (Å²) >= 11 is 2.53. The number of thiazole rings is 2. The lowest BCUT2D eigenvalue weighted by Gasteiger charge is -2.03. The van der Waals surface area contributed by atoms with Crippen LogP contribution in [0, 0.1) is 0 Å². The summed E-state index contributed by atoms with van der Waals surface area (Å²) in [7, 11) is -3.75. The Morgan fingerprint density at radius 3 is 2.59 bits per heavy atom. The molecule has 0 amide bonds. The summed E-state index contributed by atoms with van der Waals surface area (Å²) in [6.07, 6.45) is 0. The average Bonchev–Trinajstić information content (AvgIpc) is 3.21. The van der Waals surface area contributed by atoms with E-state index in [9.17, 15) is 13.2 Å². The standard InChI is InChI=1S/C15H15N5O4S3/c1-2-24-14(21)10-7-25-13(19-10)11-12(16)20-15(26-11)18-8-3-5-9(6-4-8)27(17,22)23/h3-7H,2,16H2,1H3,(H,18,20)(H2,17,22,23). The molecule has 2 aromatic heterocycles. The number of primary sulfonamides is 1. The number of rotatable bonds is 6. The second kappa shape index (κ2) is 7.60. The molecule has 0 fully saturated rings. The smallest absolute Gasteiger partial charge is 0.357 e. The molecule has 9 nitrogen and oxygen atoms in total. The number of benzene rings is 1. The van der Waals surface area contributed by atoms with Gasteiger partial charge in [-0.2, -0.15) is 0 Å². The Hall–Kier alpha value is -2.54. The summed E-state index contributed by atoms with van der Waals surface area (Å²) in [5.41, 5.74) is 6.81. The zero-order chi connectivity index (χ0) is 19.6. The highest BCUT2D eigenvalue weighted by molar-refractivity contribution is 7.89. The van der Waals surface area contributed by atoms with Crippen molar-refractivity contribution in [3.8, 4) is 9.88 Å². The fourth-order valence-electron chi connectivity index (χ4n) is 2.07. The number of anilines is 3. The molecule has 0 spiro atoms. The Kier molecular flexibility index (Phi) is 5.41. The Balaban J connectivity index is 1.80. The normalized spacial score (nSPS) is 11.3. The van der Waals surface area contributed by atoms with Crippen molar-refractivity contribution >= 4 is 55.3 Å². The molecular formula is C15H15N5O4S3. The summed E-state index contributed by atoms with van der Waals surface area (Å²) < 4.78 is 27.5. The Labute approximate surface area is 163 Å². The van der Waals surface area contributed by atoms with Crippen LogP contribution in [-0.4, -0.2) is 31.0 Å². The second-order valence-corrected chi connectivity index (χ2v) is 8.60. The van der Waals surface area contributed by atoms with Crippen LogP contribution < -0.4 is 16.2 Å². The molecule has 0 bridgehead atoms. The van der Waals surface area contributed by atoms with Crippen LogP contribution in [0.5, 0.6) is 0 Å². The van der Waals surface area contributed by atoms with Gasteiger partial charge >= 0.3 is 5.97 Å². The zero-order valence-electron chi connectivity index (χ0n) is 14.0. The van der Waals surface area contributed by atoms with Gasteiger partial charge in [-0.25, -0.2) is 28.3 Å². The van der Waals surface area contributed by atoms with Crippen LogP contribution in [0.25, 0.3) is 9.88 Å². The van der Waals surface area contributed by atoms with Gasteiger partial charge in [0.25, 0.3) is 0 Å². The fraction of sp³-hybridized carbons (Fsp3) is 0.133. The molecule has 3 rings (SSSR count). The van der Waals surface area contributed by atoms with Crippen LogP contribution >= 0.6 is 22.7 Å². The van der Waals surface area contributed by atoms with E-state index in [4.69, 9.17) is 15.6 Å². The highest BCUT2D eigenvalue weighted by Crippen LogP contribution is 2.37. The van der Waals surface area contributed by atoms with Crippen LogP contribution in [-0.2, 0) is 14.8 Å². The third kappa shape index (κ3) is 4.42. The molecule has 5 N–H and O–H groups in total. The average molecular weight is 426 g/mol. The molecular weight excluding hydrogens is 410 g/mol. The van der Waals surface area contributed by atoms with Crippen molar-refractivity contribution in [2.75, 3.05) is 17.7 Å². The van der Waals surface area contributed by atoms with E-state index in [2.05, 4.69) is 15.3 Å². The van der Waals surface area contributed by atoms with Gasteiger partial charge in [0.1, 0.15) is 15.7 Å². The topological polar surface area (TPSA) is 150 Å². The lowest BCUT2D eigenvalue weighted by molar-refractivity contribution is 0.0520. The maximum Gasteiger partial charge on any atom is 0.357 e. The number of carbonyl (C=O) groups excluding carboxylic acids is 1. The van der Waals surface area contributed by atoms with Gasteiger partial charge in [-0.05, 0) is 31.2 Å². The first-order valence-electron chi connectivity index (χ1n) is 7.57. The number of esters is 1. The number of nitrogens with one attached hydrogen (secondary N) is 1. The van der Waals surface area contributed by atoms with Crippen molar-refractivity contribution < 1.29 is 17.9 Å². The van der Waals surface area contributed by atoms with Gasteiger partial charge < -0.3 is 15.8 Å². The Morgan fingerprint density at radius 2 is 1.96 bits per heavy atom. The number of hydrogen-bond donors (Lipinski definition) is 3. The minimum atomic E-state index is -3.75. The van der Waals surface area contributed by atoms with Crippen molar-refractivity contribution in [2.45, 2.75) is 11.8 Å². The molecule has 0 aliphatic rings. The van der Waals surface area contributed by atoms with E-state index in [0.717, 1.165) is 0 Å². The van der Waals surface area contributed by atoms with E-state index < -0.39 is 16.0 Å². The highest BCUT2D eigenvalue weighted by Gasteiger charge is 2.18. The molecule has 0 radical (unpaired) electrons. The van der Waals surface area contributed by atoms with E-state index in [1.54, 1.807) is 24.4 Å². The van der Waals surface area contributed by atoms with Crippen LogP contribution in [0.3, 0.4) is 0 Å². The van der Waals surface area contributed by atoms with E-state index in [1.807, 2.05) is 0 Å². The quantitative estimate of drug-likeness (QED) is 0.509. The summed E-state index contributed by atoms with van der Waals surface area (Å²) in [6, 6.07) is 5.92. The molecule has 0 aliphatic carbocycles. The number of ether oxygens (including phenoxy) is 1. The lowest BCUT2D eigenvalue weighted by atomic mass is 10.3. The predicted octanol–water partition coefficient (Wildman–Crippen LogP) is 2.42. The van der Waals surface area contributed by atoms with Gasteiger partial charge in [0.05, 0.1) is 11.5 Å². The molecule has 0 unspecified atom stereocenters. The van der Waals surface area contributed by atoms with Crippen molar-refractivity contribution in [1.82, 2.24) is 9.97 Å². The number of nitrogens with zero attached hydrogens (tertiary/aromatic N) is 2. The van der Waals surface area contributed by atoms with E-state index in [-0.39, 0.29) is 23.0 Å². The maximum absolute atomic E-state index is 11.7. The Bertz CT molecular complexity index is 1070. The first-order chi connectivity index (χ1) is 12.8. The van der Waals surface area contributed by atoms with Gasteiger partial charge in [0.2, 0.25) is 10.0 Å². The molecule has 12 heteroatoms. The van der Waals surface area contributed by atoms with Crippen molar-refractivity contribution in [1.29, 1.82) is 0 Å². The summed E-state index contributed by atoms with van der Waals surface area (Å²) in [4.78, 5) is 20.9. The predicted molar refractivity (Wildman–Crippen MR) is 105 cm³/mol. The van der Waals surface area contributed by atoms with Gasteiger partial charge in [-0.1, -0.05) is 11.3 Å². The molecule has 27 heavy (non-hydrogen) atoms. The largest absolute Gasteiger partial charge is 0.461 e. The molecule has 3 aromatic rings. The van der Waals surface area contributed by atoms with Crippen molar-refractivity contribution in [3.63, 3.8) is 0 Å². The van der Waals surface area contributed by atoms with Gasteiger partial charge in [-0.3, -0.25) is 0 Å². The fourth-order valence-corrected chi connectivity index (χ4v) is 4.38. The number of sulfonamides is 1. The summed E-state index contributed by atoms with van der Waals surface area (Å²) in [5.74, 6) is -0.218. The monoisotopic (exact) mass is 425 g/mol. The van der Waals surface area contributed by atoms with E-state index in [0.29, 0.717) is 20.7 Å². The molecule has 142 valence electrons. The third-order valence-electron chi connectivity index (χ3n) is 3.27. The minimum Gasteiger partial charge on any atom is -0.461 e. The molecule has 0 atom stereocenters. The minimum absolute atomic E-state index is 0.0154. The van der Waals surface area contributed by atoms with Gasteiger partial charge in [0, 0.05) is 11.1 Å². The first kappa shape index (κ1) is 19.2. The highest BCUT2D eigenvalue weighted by atomic mass is 32.2. The van der Waals surface area contributed by atoms with Crippen LogP contribution in [0.15, 0.2) is 34.5 Å². The number of carbonyl (C=O) groups is 1. The van der Waals surface area contributed by atoms with Crippen LogP contribution in [0.1, 0.15) is 17.4 Å². The van der Waals surface area contributed by atoms with Crippen LogP contribution in [0.4, 0.5) is 16.6 Å². The van der Waals surface area contributed by atoms with Gasteiger partial charge in [0.15, 0.2) is 10.8 Å². The SMILES string of the molecule is CCOC(=O)c1csc(-c2sc(Nc3ccc(S(N)(=O)=O)cc3)nc2N)n1. The molecule has 1 aromatic carbocycles. The third-order valence-corrected chi connectivity index (χ3v) is 6.18. The Morgan fingerprint density at radius 1 is 1.26 bits per heavy atom. The van der Waals surface area contributed by atoms with Crippen LogP contribution in [0.2, 0.25) is 0 Å². The van der Waals surface area contributed by atoms with E-state index >= 15 is 0 Å².